The Hall–Kier alpha value is -0.0400. The first-order valence-corrected chi connectivity index (χ1v) is 7.50. The summed E-state index contributed by atoms with van der Waals surface area (Å²) in [6, 6.07) is 0. The third kappa shape index (κ3) is 2.45. The first-order valence-electron chi connectivity index (χ1n) is 7.50. The highest BCUT2D eigenvalue weighted by Crippen LogP contribution is 2.44. The van der Waals surface area contributed by atoms with Gasteiger partial charge in [-0.2, -0.15) is 0 Å². The Morgan fingerprint density at radius 2 is 1.69 bits per heavy atom. The molecule has 0 radical (unpaired) electrons. The lowest BCUT2D eigenvalue weighted by Gasteiger charge is -2.31. The molecular weight excluding hydrogens is 196 g/mol. The van der Waals surface area contributed by atoms with Crippen LogP contribution in [0.4, 0.5) is 0 Å². The van der Waals surface area contributed by atoms with Crippen LogP contribution in [0.25, 0.3) is 0 Å². The quantitative estimate of drug-likeness (QED) is 0.653. The molecule has 92 valence electrons. The second-order valence-electron chi connectivity index (χ2n) is 6.43. The van der Waals surface area contributed by atoms with Crippen LogP contribution in [0.1, 0.15) is 64.7 Å². The number of epoxide rings is 1. The van der Waals surface area contributed by atoms with E-state index >= 15 is 0 Å². The molecule has 1 heteroatoms. The maximum atomic E-state index is 5.64. The van der Waals surface area contributed by atoms with Crippen molar-refractivity contribution in [1.82, 2.24) is 0 Å². The van der Waals surface area contributed by atoms with Crippen LogP contribution in [0.3, 0.4) is 0 Å². The highest BCUT2D eigenvalue weighted by Gasteiger charge is 2.44. The molecule has 3 rings (SSSR count). The molecule has 1 saturated heterocycles. The van der Waals surface area contributed by atoms with Gasteiger partial charge in [-0.05, 0) is 49.9 Å². The molecule has 16 heavy (non-hydrogen) atoms. The second-order valence-corrected chi connectivity index (χ2v) is 6.43. The van der Waals surface area contributed by atoms with Crippen LogP contribution in [0.5, 0.6) is 0 Å². The van der Waals surface area contributed by atoms with Gasteiger partial charge in [0.1, 0.15) is 0 Å². The predicted octanol–water partition coefficient (Wildman–Crippen LogP) is 4.16. The van der Waals surface area contributed by atoms with Crippen LogP contribution in [0.15, 0.2) is 0 Å². The highest BCUT2D eigenvalue weighted by molar-refractivity contribution is 4.92. The van der Waals surface area contributed by atoms with Crippen molar-refractivity contribution in [2.45, 2.75) is 76.9 Å². The van der Waals surface area contributed by atoms with Gasteiger partial charge in [-0.15, -0.1) is 0 Å². The maximum Gasteiger partial charge on any atom is 0.0844 e. The van der Waals surface area contributed by atoms with Crippen molar-refractivity contribution in [2.24, 2.45) is 17.8 Å². The smallest absolute Gasteiger partial charge is 0.0844 e. The minimum Gasteiger partial charge on any atom is -0.370 e. The summed E-state index contributed by atoms with van der Waals surface area (Å²) in [6.45, 7) is 2.37. The van der Waals surface area contributed by atoms with Crippen molar-refractivity contribution >= 4 is 0 Å². The van der Waals surface area contributed by atoms with Crippen LogP contribution in [0.2, 0.25) is 0 Å². The molecule has 1 nitrogen and oxygen atoms in total. The first-order chi connectivity index (χ1) is 7.85. The van der Waals surface area contributed by atoms with E-state index in [4.69, 9.17) is 4.74 Å². The Balaban J connectivity index is 1.46. The minimum atomic E-state index is 0.685. The van der Waals surface area contributed by atoms with Crippen LogP contribution in [-0.2, 0) is 4.74 Å². The van der Waals surface area contributed by atoms with Crippen LogP contribution < -0.4 is 0 Å². The molecule has 0 bridgehead atoms. The number of rotatable bonds is 3. The fraction of sp³-hybridized carbons (Fsp3) is 1.00. The van der Waals surface area contributed by atoms with E-state index in [0.717, 1.165) is 17.8 Å². The summed E-state index contributed by atoms with van der Waals surface area (Å²) in [6.07, 6.45) is 14.5. The molecule has 1 aliphatic heterocycles. The summed E-state index contributed by atoms with van der Waals surface area (Å²) in [5.74, 6) is 3.11. The number of fused-ring (bicyclic) bond motifs is 1. The SMILES string of the molecule is CCC1CCCC(CC2CCC3OC3C2)C1. The molecule has 2 saturated carbocycles. The first kappa shape index (κ1) is 11.1. The van der Waals surface area contributed by atoms with Crippen molar-refractivity contribution in [3.63, 3.8) is 0 Å². The monoisotopic (exact) mass is 222 g/mol. The summed E-state index contributed by atoms with van der Waals surface area (Å²) < 4.78 is 5.64. The largest absolute Gasteiger partial charge is 0.370 e. The number of ether oxygens (including phenoxy) is 1. The fourth-order valence-electron chi connectivity index (χ4n) is 4.16. The molecule has 0 N–H and O–H groups in total. The molecule has 2 aliphatic carbocycles. The summed E-state index contributed by atoms with van der Waals surface area (Å²) >= 11 is 0. The lowest BCUT2D eigenvalue weighted by molar-refractivity contribution is 0.206. The second kappa shape index (κ2) is 4.68. The van der Waals surface area contributed by atoms with Gasteiger partial charge in [-0.3, -0.25) is 0 Å². The summed E-state index contributed by atoms with van der Waals surface area (Å²) in [7, 11) is 0. The Morgan fingerprint density at radius 1 is 0.875 bits per heavy atom. The van der Waals surface area contributed by atoms with Crippen molar-refractivity contribution in [3.05, 3.63) is 0 Å². The minimum absolute atomic E-state index is 0.685. The lowest BCUT2D eigenvalue weighted by atomic mass is 9.74. The Kier molecular flexibility index (Phi) is 3.24. The molecule has 0 aromatic carbocycles. The summed E-state index contributed by atoms with van der Waals surface area (Å²) in [5.41, 5.74) is 0. The summed E-state index contributed by atoms with van der Waals surface area (Å²) in [4.78, 5) is 0. The van der Waals surface area contributed by atoms with Gasteiger partial charge >= 0.3 is 0 Å². The van der Waals surface area contributed by atoms with Gasteiger partial charge in [0.05, 0.1) is 12.2 Å². The third-order valence-electron chi connectivity index (χ3n) is 5.25. The molecule has 0 spiro atoms. The summed E-state index contributed by atoms with van der Waals surface area (Å²) in [5, 5.41) is 0. The molecule has 3 fully saturated rings. The Labute approximate surface area is 99.9 Å². The van der Waals surface area contributed by atoms with Crippen LogP contribution >= 0.6 is 0 Å². The fourth-order valence-corrected chi connectivity index (χ4v) is 4.16. The molecule has 0 amide bonds. The van der Waals surface area contributed by atoms with E-state index in [1.807, 2.05) is 0 Å². The van der Waals surface area contributed by atoms with E-state index < -0.39 is 0 Å². The molecule has 5 atom stereocenters. The average molecular weight is 222 g/mol. The highest BCUT2D eigenvalue weighted by atomic mass is 16.6. The molecule has 5 unspecified atom stereocenters. The van der Waals surface area contributed by atoms with Gasteiger partial charge in [0.25, 0.3) is 0 Å². The zero-order chi connectivity index (χ0) is 11.0. The van der Waals surface area contributed by atoms with Crippen molar-refractivity contribution in [1.29, 1.82) is 0 Å². The third-order valence-corrected chi connectivity index (χ3v) is 5.25. The zero-order valence-corrected chi connectivity index (χ0v) is 10.7. The topological polar surface area (TPSA) is 12.5 Å². The van der Waals surface area contributed by atoms with E-state index in [0.29, 0.717) is 12.2 Å². The van der Waals surface area contributed by atoms with Crippen LogP contribution in [0, 0.1) is 17.8 Å². The number of hydrogen-bond donors (Lipinski definition) is 0. The van der Waals surface area contributed by atoms with E-state index in [9.17, 15) is 0 Å². The molecular formula is C15H26O. The van der Waals surface area contributed by atoms with Crippen molar-refractivity contribution < 1.29 is 4.74 Å². The van der Waals surface area contributed by atoms with Gasteiger partial charge in [0, 0.05) is 0 Å². The standard InChI is InChI=1S/C15H26O/c1-2-11-4-3-5-12(8-11)9-13-6-7-14-15(10-13)16-14/h11-15H,2-10H2,1H3. The van der Waals surface area contributed by atoms with Crippen LogP contribution in [-0.4, -0.2) is 12.2 Å². The number of hydrogen-bond acceptors (Lipinski definition) is 1. The van der Waals surface area contributed by atoms with E-state index in [-0.39, 0.29) is 0 Å². The van der Waals surface area contributed by atoms with Crippen molar-refractivity contribution in [3.8, 4) is 0 Å². The molecule has 3 aliphatic rings. The maximum absolute atomic E-state index is 5.64. The normalized spacial score (nSPS) is 47.4. The van der Waals surface area contributed by atoms with E-state index in [1.54, 1.807) is 0 Å². The zero-order valence-electron chi connectivity index (χ0n) is 10.7. The lowest BCUT2D eigenvalue weighted by Crippen LogP contribution is -2.21. The van der Waals surface area contributed by atoms with E-state index in [1.165, 1.54) is 57.8 Å². The Morgan fingerprint density at radius 3 is 2.50 bits per heavy atom. The average Bonchev–Trinajstić information content (AvgIpc) is 3.07. The molecule has 0 aromatic rings. The van der Waals surface area contributed by atoms with Gasteiger partial charge in [-0.1, -0.05) is 32.6 Å². The van der Waals surface area contributed by atoms with Gasteiger partial charge in [-0.25, -0.2) is 0 Å². The van der Waals surface area contributed by atoms with E-state index in [2.05, 4.69) is 6.92 Å². The van der Waals surface area contributed by atoms with Gasteiger partial charge < -0.3 is 4.74 Å². The predicted molar refractivity (Wildman–Crippen MR) is 66.4 cm³/mol. The molecule has 0 aromatic heterocycles. The van der Waals surface area contributed by atoms with Crippen molar-refractivity contribution in [2.75, 3.05) is 0 Å². The van der Waals surface area contributed by atoms with Gasteiger partial charge in [0.2, 0.25) is 0 Å². The Bertz CT molecular complexity index is 238. The molecule has 1 heterocycles. The van der Waals surface area contributed by atoms with Gasteiger partial charge in [0.15, 0.2) is 0 Å².